The van der Waals surface area contributed by atoms with Gasteiger partial charge in [0.05, 0.1) is 19.1 Å². The number of aliphatic imine (C=N–C) groups is 1. The Balaban J connectivity index is 1.84. The maximum atomic E-state index is 12.1. The molecule has 3 heteroatoms. The van der Waals surface area contributed by atoms with Gasteiger partial charge in [0.2, 0.25) is 0 Å². The fourth-order valence-corrected chi connectivity index (χ4v) is 2.85. The third-order valence-corrected chi connectivity index (χ3v) is 4.03. The fraction of sp³-hybridized carbons (Fsp3) is 0.200. The molecule has 2 atom stereocenters. The number of nitrogens with zero attached hydrogens (tertiary/aromatic N) is 1. The maximum absolute atomic E-state index is 12.1. The number of benzene rings is 2. The second-order valence-corrected chi connectivity index (χ2v) is 5.55. The minimum Gasteiger partial charge on any atom is -0.469 e. The second-order valence-electron chi connectivity index (χ2n) is 5.55. The van der Waals surface area contributed by atoms with E-state index in [0.29, 0.717) is 6.42 Å². The molecular weight excluding hydrogens is 286 g/mol. The molecule has 3 rings (SSSR count). The van der Waals surface area contributed by atoms with Gasteiger partial charge in [-0.15, -0.1) is 0 Å². The Morgan fingerprint density at radius 2 is 1.70 bits per heavy atom. The van der Waals surface area contributed by atoms with Crippen LogP contribution in [0.5, 0.6) is 0 Å². The number of hydrogen-bond acceptors (Lipinski definition) is 3. The molecule has 0 aliphatic carbocycles. The summed E-state index contributed by atoms with van der Waals surface area (Å²) in [6.45, 7) is 0. The van der Waals surface area contributed by atoms with E-state index in [1.165, 1.54) is 7.11 Å². The highest BCUT2D eigenvalue weighted by Crippen LogP contribution is 2.35. The highest BCUT2D eigenvalue weighted by Gasteiger charge is 2.35. The molecule has 116 valence electrons. The number of rotatable bonds is 4. The van der Waals surface area contributed by atoms with Crippen molar-refractivity contribution >= 4 is 17.8 Å². The Labute approximate surface area is 136 Å². The minimum atomic E-state index is -0.252. The molecule has 0 aromatic heterocycles. The standard InChI is InChI=1S/C20H19NO2/c1-23-20(22)18-14-17(13-12-15-8-4-2-5-9-15)21-19(18)16-10-6-3-7-11-16/h2-13,18-19H,14H2,1H3/b13-12-/t18-,19+/m1/s1. The van der Waals surface area contributed by atoms with Gasteiger partial charge in [0, 0.05) is 12.1 Å². The van der Waals surface area contributed by atoms with Crippen LogP contribution in [0.4, 0.5) is 0 Å². The van der Waals surface area contributed by atoms with E-state index in [9.17, 15) is 4.79 Å². The van der Waals surface area contributed by atoms with Crippen molar-refractivity contribution in [1.29, 1.82) is 0 Å². The van der Waals surface area contributed by atoms with E-state index in [-0.39, 0.29) is 17.9 Å². The first-order valence-electron chi connectivity index (χ1n) is 7.70. The molecule has 0 spiro atoms. The third-order valence-electron chi connectivity index (χ3n) is 4.03. The highest BCUT2D eigenvalue weighted by molar-refractivity contribution is 6.02. The van der Waals surface area contributed by atoms with Crippen LogP contribution in [0.2, 0.25) is 0 Å². The van der Waals surface area contributed by atoms with Gasteiger partial charge >= 0.3 is 5.97 Å². The molecule has 0 bridgehead atoms. The average Bonchev–Trinajstić information content (AvgIpc) is 3.05. The molecule has 0 N–H and O–H groups in total. The number of carbonyl (C=O) groups excluding carboxylic acids is 1. The average molecular weight is 305 g/mol. The largest absolute Gasteiger partial charge is 0.469 e. The molecule has 1 aliphatic heterocycles. The molecule has 0 saturated heterocycles. The number of esters is 1. The van der Waals surface area contributed by atoms with Crippen LogP contribution < -0.4 is 0 Å². The summed E-state index contributed by atoms with van der Waals surface area (Å²) >= 11 is 0. The quantitative estimate of drug-likeness (QED) is 0.799. The summed E-state index contributed by atoms with van der Waals surface area (Å²) in [4.78, 5) is 16.9. The number of allylic oxidation sites excluding steroid dienone is 1. The Hall–Kier alpha value is -2.68. The molecular formula is C20H19NO2. The lowest BCUT2D eigenvalue weighted by Crippen LogP contribution is -2.20. The lowest BCUT2D eigenvalue weighted by Gasteiger charge is -2.15. The zero-order chi connectivity index (χ0) is 16.1. The maximum Gasteiger partial charge on any atom is 0.311 e. The van der Waals surface area contributed by atoms with Crippen LogP contribution in [0.1, 0.15) is 23.6 Å². The van der Waals surface area contributed by atoms with Crippen molar-refractivity contribution < 1.29 is 9.53 Å². The van der Waals surface area contributed by atoms with E-state index in [1.807, 2.05) is 72.8 Å². The van der Waals surface area contributed by atoms with Crippen molar-refractivity contribution in [2.75, 3.05) is 7.11 Å². The molecule has 0 amide bonds. The van der Waals surface area contributed by atoms with Crippen LogP contribution in [0.3, 0.4) is 0 Å². The second kappa shape index (κ2) is 7.05. The topological polar surface area (TPSA) is 38.7 Å². The summed E-state index contributed by atoms with van der Waals surface area (Å²) in [5.74, 6) is -0.455. The van der Waals surface area contributed by atoms with Crippen molar-refractivity contribution in [3.63, 3.8) is 0 Å². The Bertz CT molecular complexity index is 720. The van der Waals surface area contributed by atoms with Crippen molar-refractivity contribution in [1.82, 2.24) is 0 Å². The number of hydrogen-bond donors (Lipinski definition) is 0. The van der Waals surface area contributed by atoms with Crippen molar-refractivity contribution in [2.24, 2.45) is 10.9 Å². The summed E-state index contributed by atoms with van der Waals surface area (Å²) < 4.78 is 4.96. The van der Waals surface area contributed by atoms with Crippen LogP contribution in [0, 0.1) is 5.92 Å². The lowest BCUT2D eigenvalue weighted by molar-refractivity contribution is -0.145. The van der Waals surface area contributed by atoms with E-state index in [0.717, 1.165) is 16.8 Å². The zero-order valence-electron chi connectivity index (χ0n) is 13.1. The molecule has 1 heterocycles. The van der Waals surface area contributed by atoms with Crippen molar-refractivity contribution in [3.05, 3.63) is 77.9 Å². The summed E-state index contributed by atoms with van der Waals surface area (Å²) in [5.41, 5.74) is 3.09. The van der Waals surface area contributed by atoms with E-state index >= 15 is 0 Å². The van der Waals surface area contributed by atoms with E-state index < -0.39 is 0 Å². The number of carbonyl (C=O) groups is 1. The fourth-order valence-electron chi connectivity index (χ4n) is 2.85. The summed E-state index contributed by atoms with van der Waals surface area (Å²) in [6.07, 6.45) is 4.63. The molecule has 2 aromatic rings. The summed E-state index contributed by atoms with van der Waals surface area (Å²) in [6, 6.07) is 19.8. The van der Waals surface area contributed by atoms with Crippen LogP contribution >= 0.6 is 0 Å². The molecule has 23 heavy (non-hydrogen) atoms. The predicted octanol–water partition coefficient (Wildman–Crippen LogP) is 4.08. The first-order valence-corrected chi connectivity index (χ1v) is 7.70. The van der Waals surface area contributed by atoms with Gasteiger partial charge in [-0.3, -0.25) is 9.79 Å². The first-order chi connectivity index (χ1) is 11.3. The summed E-state index contributed by atoms with van der Waals surface area (Å²) in [7, 11) is 1.43. The van der Waals surface area contributed by atoms with Crippen LogP contribution in [0.15, 0.2) is 71.7 Å². The van der Waals surface area contributed by atoms with Gasteiger partial charge in [-0.1, -0.05) is 66.7 Å². The predicted molar refractivity (Wildman–Crippen MR) is 92.2 cm³/mol. The van der Waals surface area contributed by atoms with Crippen molar-refractivity contribution in [2.45, 2.75) is 12.5 Å². The normalized spacial score (nSPS) is 20.5. The molecule has 2 aromatic carbocycles. The Morgan fingerprint density at radius 3 is 2.35 bits per heavy atom. The van der Waals surface area contributed by atoms with Crippen molar-refractivity contribution in [3.8, 4) is 0 Å². The van der Waals surface area contributed by atoms with Gasteiger partial charge in [0.1, 0.15) is 0 Å². The van der Waals surface area contributed by atoms with Gasteiger partial charge in [0.25, 0.3) is 0 Å². The van der Waals surface area contributed by atoms with Gasteiger partial charge in [-0.2, -0.15) is 0 Å². The van der Waals surface area contributed by atoms with E-state index in [4.69, 9.17) is 9.73 Å². The molecule has 0 radical (unpaired) electrons. The van der Waals surface area contributed by atoms with Gasteiger partial charge < -0.3 is 4.74 Å². The Morgan fingerprint density at radius 1 is 1.04 bits per heavy atom. The zero-order valence-corrected chi connectivity index (χ0v) is 13.1. The van der Waals surface area contributed by atoms with Gasteiger partial charge in [-0.25, -0.2) is 0 Å². The SMILES string of the molecule is COC(=O)[C@@H]1CC(/C=C\c2ccccc2)=N[C@H]1c1ccccc1. The monoisotopic (exact) mass is 305 g/mol. The summed E-state index contributed by atoms with van der Waals surface area (Å²) in [5, 5.41) is 0. The smallest absolute Gasteiger partial charge is 0.311 e. The molecule has 0 unspecified atom stereocenters. The third kappa shape index (κ3) is 3.57. The highest BCUT2D eigenvalue weighted by atomic mass is 16.5. The molecule has 0 saturated carbocycles. The Kier molecular flexibility index (Phi) is 4.67. The molecule has 3 nitrogen and oxygen atoms in total. The van der Waals surface area contributed by atoms with Gasteiger partial charge in [-0.05, 0) is 17.2 Å². The lowest BCUT2D eigenvalue weighted by atomic mass is 9.92. The van der Waals surface area contributed by atoms with Crippen LogP contribution in [0.25, 0.3) is 6.08 Å². The number of ether oxygens (including phenoxy) is 1. The molecule has 0 fully saturated rings. The van der Waals surface area contributed by atoms with Gasteiger partial charge in [0.15, 0.2) is 0 Å². The first kappa shape index (κ1) is 15.2. The van der Waals surface area contributed by atoms with Crippen LogP contribution in [-0.4, -0.2) is 18.8 Å². The van der Waals surface area contributed by atoms with Crippen LogP contribution in [-0.2, 0) is 9.53 Å². The minimum absolute atomic E-state index is 0.168. The van der Waals surface area contributed by atoms with E-state index in [2.05, 4.69) is 0 Å². The number of methoxy groups -OCH3 is 1. The van der Waals surface area contributed by atoms with E-state index in [1.54, 1.807) is 0 Å². The molecule has 1 aliphatic rings.